The second-order valence-corrected chi connectivity index (χ2v) is 10.4. The molecule has 3 aromatic carbocycles. The third-order valence-corrected chi connectivity index (χ3v) is 8.14. The number of amidine groups is 1. The zero-order valence-corrected chi connectivity index (χ0v) is 21.0. The minimum atomic E-state index is -0.248. The molecule has 0 N–H and O–H groups in total. The van der Waals surface area contributed by atoms with Crippen LogP contribution in [-0.4, -0.2) is 10.1 Å². The van der Waals surface area contributed by atoms with Crippen molar-refractivity contribution in [2.45, 2.75) is 25.3 Å². The standard InChI is InChI=1S/C29H21Cl2FN2S/c30-24-10-3-1-6-19(24)16-20-7-5-9-23-27(20)33-29-34(28(23)22-8-2-4-11-25(22)31)26(17-35-29)18-12-14-21(32)15-13-18/h1-4,6,8,10-17,28H,5,7,9H2/b20-16+. The number of thioether (sulfide) groups is 1. The molecular weight excluding hydrogens is 498 g/mol. The van der Waals surface area contributed by atoms with Gasteiger partial charge in [0, 0.05) is 15.5 Å². The maximum absolute atomic E-state index is 13.7. The lowest BCUT2D eigenvalue weighted by Crippen LogP contribution is -2.35. The molecule has 6 heteroatoms. The number of halogens is 3. The van der Waals surface area contributed by atoms with Crippen LogP contribution in [0.1, 0.15) is 42.0 Å². The lowest BCUT2D eigenvalue weighted by atomic mass is 9.82. The molecule has 2 heterocycles. The second kappa shape index (κ2) is 9.34. The molecule has 1 aliphatic carbocycles. The van der Waals surface area contributed by atoms with Crippen LogP contribution in [0.5, 0.6) is 0 Å². The van der Waals surface area contributed by atoms with Gasteiger partial charge in [0.25, 0.3) is 0 Å². The molecule has 0 saturated carbocycles. The second-order valence-electron chi connectivity index (χ2n) is 8.73. The Kier molecular flexibility index (Phi) is 6.05. The minimum absolute atomic E-state index is 0.0903. The fraction of sp³-hybridized carbons (Fsp3) is 0.138. The summed E-state index contributed by atoms with van der Waals surface area (Å²) in [6.45, 7) is 0. The Morgan fingerprint density at radius 2 is 1.66 bits per heavy atom. The minimum Gasteiger partial charge on any atom is -0.308 e. The number of nitrogens with zero attached hydrogens (tertiary/aromatic N) is 2. The Morgan fingerprint density at radius 1 is 0.914 bits per heavy atom. The predicted molar refractivity (Wildman–Crippen MR) is 146 cm³/mol. The summed E-state index contributed by atoms with van der Waals surface area (Å²) in [7, 11) is 0. The van der Waals surface area contributed by atoms with Crippen molar-refractivity contribution in [3.63, 3.8) is 0 Å². The van der Waals surface area contributed by atoms with Crippen molar-refractivity contribution < 1.29 is 4.39 Å². The normalized spacial score (nSPS) is 20.5. The van der Waals surface area contributed by atoms with Crippen LogP contribution in [-0.2, 0) is 0 Å². The van der Waals surface area contributed by atoms with Crippen molar-refractivity contribution in [3.05, 3.63) is 128 Å². The van der Waals surface area contributed by atoms with E-state index in [9.17, 15) is 4.39 Å². The molecule has 0 aromatic heterocycles. The number of benzene rings is 3. The van der Waals surface area contributed by atoms with E-state index >= 15 is 0 Å². The van der Waals surface area contributed by atoms with Gasteiger partial charge in [-0.3, -0.25) is 0 Å². The van der Waals surface area contributed by atoms with Crippen LogP contribution in [0, 0.1) is 5.82 Å². The van der Waals surface area contributed by atoms with Crippen LogP contribution in [0.15, 0.2) is 100 Å². The third-order valence-electron chi connectivity index (χ3n) is 6.61. The summed E-state index contributed by atoms with van der Waals surface area (Å²) in [5.41, 5.74) is 7.48. The van der Waals surface area contributed by atoms with Crippen molar-refractivity contribution >= 4 is 51.9 Å². The molecule has 0 spiro atoms. The monoisotopic (exact) mass is 518 g/mol. The van der Waals surface area contributed by atoms with Gasteiger partial charge in [0.05, 0.1) is 17.4 Å². The summed E-state index contributed by atoms with van der Waals surface area (Å²) in [5, 5.41) is 4.46. The molecule has 3 aromatic rings. The Balaban J connectivity index is 1.52. The van der Waals surface area contributed by atoms with E-state index in [-0.39, 0.29) is 11.9 Å². The molecule has 6 rings (SSSR count). The number of hydrogen-bond donors (Lipinski definition) is 0. The highest BCUT2D eigenvalue weighted by Crippen LogP contribution is 2.52. The van der Waals surface area contributed by atoms with Crippen LogP contribution >= 0.6 is 35.0 Å². The van der Waals surface area contributed by atoms with Gasteiger partial charge in [-0.25, -0.2) is 9.38 Å². The summed E-state index contributed by atoms with van der Waals surface area (Å²) in [4.78, 5) is 7.44. The Morgan fingerprint density at radius 3 is 2.43 bits per heavy atom. The fourth-order valence-corrected chi connectivity index (χ4v) is 6.36. The van der Waals surface area contributed by atoms with E-state index in [1.807, 2.05) is 54.6 Å². The Labute approximate surface area is 218 Å². The van der Waals surface area contributed by atoms with Gasteiger partial charge in [0.2, 0.25) is 0 Å². The number of hydrogen-bond acceptors (Lipinski definition) is 3. The van der Waals surface area contributed by atoms with E-state index in [1.165, 1.54) is 23.3 Å². The Hall–Kier alpha value is -2.79. The zero-order valence-electron chi connectivity index (χ0n) is 18.7. The fourth-order valence-electron chi connectivity index (χ4n) is 5.00. The highest BCUT2D eigenvalue weighted by Gasteiger charge is 2.40. The molecule has 2 nitrogen and oxygen atoms in total. The Bertz CT molecular complexity index is 1440. The maximum atomic E-state index is 13.7. The van der Waals surface area contributed by atoms with Gasteiger partial charge in [-0.05, 0) is 89.6 Å². The number of fused-ring (bicyclic) bond motifs is 1. The molecule has 35 heavy (non-hydrogen) atoms. The number of allylic oxidation sites excluding steroid dienone is 1. The van der Waals surface area contributed by atoms with E-state index in [1.54, 1.807) is 11.8 Å². The first-order valence-electron chi connectivity index (χ1n) is 11.5. The third kappa shape index (κ3) is 4.14. The van der Waals surface area contributed by atoms with Crippen LogP contribution in [0.2, 0.25) is 10.0 Å². The smallest absolute Gasteiger partial charge is 0.174 e. The average Bonchev–Trinajstić information content (AvgIpc) is 3.29. The van der Waals surface area contributed by atoms with Crippen molar-refractivity contribution in [2.75, 3.05) is 0 Å². The van der Waals surface area contributed by atoms with Crippen molar-refractivity contribution in [1.29, 1.82) is 0 Å². The molecule has 3 aliphatic rings. The summed E-state index contributed by atoms with van der Waals surface area (Å²) in [6.07, 6.45) is 5.07. The lowest BCUT2D eigenvalue weighted by Gasteiger charge is -2.40. The van der Waals surface area contributed by atoms with E-state index in [2.05, 4.69) is 22.5 Å². The van der Waals surface area contributed by atoms with Gasteiger partial charge in [0.1, 0.15) is 5.82 Å². The first kappa shape index (κ1) is 22.7. The molecule has 0 amide bonds. The summed E-state index contributed by atoms with van der Waals surface area (Å²) < 4.78 is 13.7. The molecule has 174 valence electrons. The zero-order chi connectivity index (χ0) is 23.9. The molecule has 0 saturated heterocycles. The van der Waals surface area contributed by atoms with Gasteiger partial charge in [-0.15, -0.1) is 0 Å². The van der Waals surface area contributed by atoms with E-state index in [0.717, 1.165) is 62.6 Å². The molecule has 0 bridgehead atoms. The first-order valence-corrected chi connectivity index (χ1v) is 13.2. The molecule has 1 atom stereocenters. The van der Waals surface area contributed by atoms with Crippen LogP contribution in [0.25, 0.3) is 11.8 Å². The predicted octanol–water partition coefficient (Wildman–Crippen LogP) is 9.11. The molecule has 1 unspecified atom stereocenters. The van der Waals surface area contributed by atoms with Crippen LogP contribution in [0.3, 0.4) is 0 Å². The van der Waals surface area contributed by atoms with Gasteiger partial charge in [0.15, 0.2) is 5.17 Å². The molecule has 0 radical (unpaired) electrons. The largest absolute Gasteiger partial charge is 0.308 e. The van der Waals surface area contributed by atoms with Crippen molar-refractivity contribution in [2.24, 2.45) is 4.99 Å². The van der Waals surface area contributed by atoms with Crippen molar-refractivity contribution in [1.82, 2.24) is 4.90 Å². The number of rotatable bonds is 3. The number of aliphatic imine (C=N–C) groups is 1. The van der Waals surface area contributed by atoms with Gasteiger partial charge >= 0.3 is 0 Å². The molecule has 0 fully saturated rings. The summed E-state index contributed by atoms with van der Waals surface area (Å²) >= 11 is 14.9. The topological polar surface area (TPSA) is 15.6 Å². The van der Waals surface area contributed by atoms with E-state index in [0.29, 0.717) is 0 Å². The SMILES string of the molecule is Fc1ccc(C2=CSC3=NC4=C(CCC/C4=C\c4ccccc4Cl)C(c4ccccc4Cl)N23)cc1. The van der Waals surface area contributed by atoms with Crippen LogP contribution < -0.4 is 0 Å². The van der Waals surface area contributed by atoms with Crippen molar-refractivity contribution in [3.8, 4) is 0 Å². The van der Waals surface area contributed by atoms with Gasteiger partial charge < -0.3 is 4.90 Å². The summed E-state index contributed by atoms with van der Waals surface area (Å²) in [5.74, 6) is -0.248. The summed E-state index contributed by atoms with van der Waals surface area (Å²) in [6, 6.07) is 22.5. The van der Waals surface area contributed by atoms with E-state index in [4.69, 9.17) is 28.2 Å². The molecular formula is C29H21Cl2FN2S. The lowest BCUT2D eigenvalue weighted by molar-refractivity contribution is 0.458. The van der Waals surface area contributed by atoms with Crippen LogP contribution in [0.4, 0.5) is 4.39 Å². The highest BCUT2D eigenvalue weighted by molar-refractivity contribution is 8.16. The average molecular weight is 519 g/mol. The maximum Gasteiger partial charge on any atom is 0.174 e. The van der Waals surface area contributed by atoms with E-state index < -0.39 is 0 Å². The quantitative estimate of drug-likeness (QED) is 0.343. The first-order chi connectivity index (χ1) is 17.1. The van der Waals surface area contributed by atoms with Gasteiger partial charge in [-0.1, -0.05) is 71.4 Å². The highest BCUT2D eigenvalue weighted by atomic mass is 35.5. The van der Waals surface area contributed by atoms with Gasteiger partial charge in [-0.2, -0.15) is 0 Å². The molecule has 2 aliphatic heterocycles.